The van der Waals surface area contributed by atoms with Crippen molar-refractivity contribution >= 4 is 27.4 Å². The van der Waals surface area contributed by atoms with Gasteiger partial charge in [-0.25, -0.2) is 18.1 Å². The van der Waals surface area contributed by atoms with E-state index in [-0.39, 0.29) is 10.0 Å². The Morgan fingerprint density at radius 3 is 2.78 bits per heavy atom. The van der Waals surface area contributed by atoms with Gasteiger partial charge in [-0.1, -0.05) is 11.6 Å². The van der Waals surface area contributed by atoms with Gasteiger partial charge in [0.2, 0.25) is 10.0 Å². The van der Waals surface area contributed by atoms with Crippen molar-refractivity contribution in [3.8, 4) is 0 Å². The Kier molecular flexibility index (Phi) is 3.79. The predicted octanol–water partition coefficient (Wildman–Crippen LogP) is 1.63. The molecule has 0 aliphatic carbocycles. The Morgan fingerprint density at radius 1 is 1.50 bits per heavy atom. The third kappa shape index (κ3) is 2.60. The maximum absolute atomic E-state index is 11.8. The molecule has 0 saturated carbocycles. The zero-order valence-electron chi connectivity index (χ0n) is 10.4. The van der Waals surface area contributed by atoms with Crippen LogP contribution in [0.4, 0.5) is 5.82 Å². The maximum Gasteiger partial charge on any atom is 0.240 e. The van der Waals surface area contributed by atoms with Crippen LogP contribution in [0.5, 0.6) is 0 Å². The van der Waals surface area contributed by atoms with Crippen LogP contribution in [-0.2, 0) is 10.0 Å². The summed E-state index contributed by atoms with van der Waals surface area (Å²) in [5.74, 6) is 0.626. The van der Waals surface area contributed by atoms with Crippen LogP contribution in [0.1, 0.15) is 19.8 Å². The SMILES string of the molecule is CNS(=O)(=O)c1cc(Cl)nc(N2CCC[C@H]2C)c1. The van der Waals surface area contributed by atoms with E-state index in [0.29, 0.717) is 11.9 Å². The quantitative estimate of drug-likeness (QED) is 0.859. The molecule has 7 heteroatoms. The minimum absolute atomic E-state index is 0.152. The van der Waals surface area contributed by atoms with Crippen LogP contribution in [0.15, 0.2) is 17.0 Å². The average Bonchev–Trinajstić information content (AvgIpc) is 2.74. The van der Waals surface area contributed by atoms with Gasteiger partial charge in [0.1, 0.15) is 11.0 Å². The summed E-state index contributed by atoms with van der Waals surface area (Å²) in [7, 11) is -2.11. The second-order valence-electron chi connectivity index (χ2n) is 4.38. The van der Waals surface area contributed by atoms with E-state index in [1.807, 2.05) is 0 Å². The van der Waals surface area contributed by atoms with Crippen LogP contribution in [0.2, 0.25) is 5.15 Å². The zero-order chi connectivity index (χ0) is 13.3. The lowest BCUT2D eigenvalue weighted by Gasteiger charge is -2.23. The Morgan fingerprint density at radius 2 is 2.22 bits per heavy atom. The Labute approximate surface area is 112 Å². The molecule has 0 bridgehead atoms. The standard InChI is InChI=1S/C11H16ClN3O2S/c1-8-4-3-5-15(8)11-7-9(6-10(12)14-11)18(16,17)13-2/h6-8,13H,3-5H2,1-2H3/t8-/m1/s1. The van der Waals surface area contributed by atoms with Crippen molar-refractivity contribution in [2.24, 2.45) is 0 Å². The normalized spacial score (nSPS) is 20.4. The van der Waals surface area contributed by atoms with E-state index in [0.717, 1.165) is 19.4 Å². The fraction of sp³-hybridized carbons (Fsp3) is 0.545. The van der Waals surface area contributed by atoms with Gasteiger partial charge in [-0.2, -0.15) is 0 Å². The van der Waals surface area contributed by atoms with Gasteiger partial charge < -0.3 is 4.90 Å². The first kappa shape index (κ1) is 13.6. The molecule has 0 aromatic carbocycles. The average molecular weight is 290 g/mol. The summed E-state index contributed by atoms with van der Waals surface area (Å²) in [6.07, 6.45) is 2.17. The number of nitrogens with zero attached hydrogens (tertiary/aromatic N) is 2. The van der Waals surface area contributed by atoms with E-state index >= 15 is 0 Å². The highest BCUT2D eigenvalue weighted by Gasteiger charge is 2.24. The topological polar surface area (TPSA) is 62.3 Å². The molecule has 2 rings (SSSR count). The zero-order valence-corrected chi connectivity index (χ0v) is 11.9. The minimum Gasteiger partial charge on any atom is -0.354 e. The Balaban J connectivity index is 2.44. The number of halogens is 1. The molecular formula is C11H16ClN3O2S. The summed E-state index contributed by atoms with van der Waals surface area (Å²) >= 11 is 5.91. The first-order chi connectivity index (χ1) is 8.44. The van der Waals surface area contributed by atoms with Crippen molar-refractivity contribution in [3.63, 3.8) is 0 Å². The third-order valence-electron chi connectivity index (χ3n) is 3.18. The molecule has 1 aromatic rings. The molecule has 1 fully saturated rings. The second-order valence-corrected chi connectivity index (χ2v) is 6.65. The molecule has 1 saturated heterocycles. The van der Waals surface area contributed by atoms with Crippen molar-refractivity contribution in [2.75, 3.05) is 18.5 Å². The van der Waals surface area contributed by atoms with Crippen LogP contribution < -0.4 is 9.62 Å². The largest absolute Gasteiger partial charge is 0.354 e. The molecule has 0 spiro atoms. The number of hydrogen-bond donors (Lipinski definition) is 1. The van der Waals surface area contributed by atoms with Gasteiger partial charge in [0.25, 0.3) is 0 Å². The van der Waals surface area contributed by atoms with E-state index < -0.39 is 10.0 Å². The van der Waals surface area contributed by atoms with E-state index in [4.69, 9.17) is 11.6 Å². The summed E-state index contributed by atoms with van der Waals surface area (Å²) in [5, 5.41) is 0.195. The highest BCUT2D eigenvalue weighted by Crippen LogP contribution is 2.27. The summed E-state index contributed by atoms with van der Waals surface area (Å²) in [5.41, 5.74) is 0. The number of aromatic nitrogens is 1. The van der Waals surface area contributed by atoms with Gasteiger partial charge in [-0.15, -0.1) is 0 Å². The molecule has 0 radical (unpaired) electrons. The minimum atomic E-state index is -3.49. The van der Waals surface area contributed by atoms with Gasteiger partial charge in [-0.05, 0) is 32.9 Å². The molecule has 1 aliphatic heterocycles. The smallest absolute Gasteiger partial charge is 0.240 e. The van der Waals surface area contributed by atoms with E-state index in [1.54, 1.807) is 6.07 Å². The highest BCUT2D eigenvalue weighted by molar-refractivity contribution is 7.89. The molecule has 2 heterocycles. The maximum atomic E-state index is 11.8. The summed E-state index contributed by atoms with van der Waals surface area (Å²) < 4.78 is 25.9. The number of nitrogens with one attached hydrogen (secondary N) is 1. The molecule has 1 atom stereocenters. The van der Waals surface area contributed by atoms with Crippen molar-refractivity contribution in [1.29, 1.82) is 0 Å². The molecular weight excluding hydrogens is 274 g/mol. The summed E-state index contributed by atoms with van der Waals surface area (Å²) in [4.78, 5) is 6.45. The number of pyridine rings is 1. The fourth-order valence-electron chi connectivity index (χ4n) is 2.15. The molecule has 18 heavy (non-hydrogen) atoms. The van der Waals surface area contributed by atoms with Crippen LogP contribution in [0.25, 0.3) is 0 Å². The van der Waals surface area contributed by atoms with Crippen molar-refractivity contribution in [2.45, 2.75) is 30.7 Å². The number of sulfonamides is 1. The van der Waals surface area contributed by atoms with Gasteiger partial charge in [0.15, 0.2) is 0 Å². The molecule has 5 nitrogen and oxygen atoms in total. The number of rotatable bonds is 3. The summed E-state index contributed by atoms with van der Waals surface area (Å²) in [6.45, 7) is 2.98. The molecule has 100 valence electrons. The first-order valence-corrected chi connectivity index (χ1v) is 7.68. The van der Waals surface area contributed by atoms with E-state index in [1.165, 1.54) is 13.1 Å². The lowest BCUT2D eigenvalue weighted by molar-refractivity contribution is 0.588. The van der Waals surface area contributed by atoms with Crippen molar-refractivity contribution in [1.82, 2.24) is 9.71 Å². The third-order valence-corrected chi connectivity index (χ3v) is 4.77. The fourth-order valence-corrected chi connectivity index (χ4v) is 3.19. The van der Waals surface area contributed by atoms with E-state index in [2.05, 4.69) is 21.5 Å². The lowest BCUT2D eigenvalue weighted by atomic mass is 10.2. The molecule has 0 amide bonds. The number of hydrogen-bond acceptors (Lipinski definition) is 4. The molecule has 1 aliphatic rings. The van der Waals surface area contributed by atoms with Crippen molar-refractivity contribution < 1.29 is 8.42 Å². The van der Waals surface area contributed by atoms with Crippen LogP contribution in [-0.4, -0.2) is 33.0 Å². The Bertz CT molecular complexity index is 547. The predicted molar refractivity (Wildman–Crippen MR) is 71.5 cm³/mol. The monoisotopic (exact) mass is 289 g/mol. The van der Waals surface area contributed by atoms with Gasteiger partial charge >= 0.3 is 0 Å². The van der Waals surface area contributed by atoms with Crippen LogP contribution in [0.3, 0.4) is 0 Å². The van der Waals surface area contributed by atoms with Gasteiger partial charge in [0, 0.05) is 18.7 Å². The molecule has 1 aromatic heterocycles. The lowest BCUT2D eigenvalue weighted by Crippen LogP contribution is -2.28. The molecule has 1 N–H and O–H groups in total. The summed E-state index contributed by atoms with van der Waals surface area (Å²) in [6, 6.07) is 3.29. The highest BCUT2D eigenvalue weighted by atomic mass is 35.5. The van der Waals surface area contributed by atoms with Crippen LogP contribution in [0, 0.1) is 0 Å². The van der Waals surface area contributed by atoms with Gasteiger partial charge in [-0.3, -0.25) is 0 Å². The second kappa shape index (κ2) is 5.03. The Hall–Kier alpha value is -0.850. The number of anilines is 1. The molecule has 0 unspecified atom stereocenters. The first-order valence-electron chi connectivity index (χ1n) is 5.82. The van der Waals surface area contributed by atoms with Crippen LogP contribution >= 0.6 is 11.6 Å². The van der Waals surface area contributed by atoms with Crippen molar-refractivity contribution in [3.05, 3.63) is 17.3 Å². The van der Waals surface area contributed by atoms with Gasteiger partial charge in [0.05, 0.1) is 4.90 Å². The van der Waals surface area contributed by atoms with E-state index in [9.17, 15) is 8.42 Å².